The Balaban J connectivity index is 1.37. The number of hydrogen-bond acceptors (Lipinski definition) is 5. The molecule has 1 aromatic heterocycles. The molecule has 1 saturated carbocycles. The van der Waals surface area contributed by atoms with Crippen molar-refractivity contribution in [3.63, 3.8) is 0 Å². The summed E-state index contributed by atoms with van der Waals surface area (Å²) in [5, 5.41) is 3.92. The minimum absolute atomic E-state index is 0.160. The Morgan fingerprint density at radius 1 is 1.25 bits per heavy atom. The number of piperazine rings is 1. The van der Waals surface area contributed by atoms with Gasteiger partial charge in [-0.25, -0.2) is 4.39 Å². The number of likely N-dealkylation sites (N-methyl/N-ethyl adjacent to an activating group) is 1. The molecule has 0 amide bonds. The zero-order chi connectivity index (χ0) is 16.7. The van der Waals surface area contributed by atoms with Crippen LogP contribution in [0.1, 0.15) is 35.7 Å². The van der Waals surface area contributed by atoms with E-state index in [9.17, 15) is 4.39 Å². The van der Waals surface area contributed by atoms with Gasteiger partial charge in [-0.2, -0.15) is 4.98 Å². The first-order valence-corrected chi connectivity index (χ1v) is 8.58. The largest absolute Gasteiger partial charge is 0.338 e. The highest BCUT2D eigenvalue weighted by Gasteiger charge is 2.40. The first-order valence-electron chi connectivity index (χ1n) is 8.58. The molecule has 24 heavy (non-hydrogen) atoms. The lowest BCUT2D eigenvalue weighted by Crippen LogP contribution is -2.47. The summed E-state index contributed by atoms with van der Waals surface area (Å²) in [7, 11) is 2.11. The zero-order valence-electron chi connectivity index (χ0n) is 14.2. The highest BCUT2D eigenvalue weighted by Crippen LogP contribution is 2.48. The molecule has 1 saturated heterocycles. The average Bonchev–Trinajstić information content (AvgIpc) is 3.20. The average molecular weight is 330 g/mol. The van der Waals surface area contributed by atoms with Crippen LogP contribution in [0.4, 0.5) is 4.39 Å². The Morgan fingerprint density at radius 2 is 2.04 bits per heavy atom. The van der Waals surface area contributed by atoms with E-state index >= 15 is 0 Å². The third-order valence-electron chi connectivity index (χ3n) is 5.27. The molecule has 6 heteroatoms. The summed E-state index contributed by atoms with van der Waals surface area (Å²) in [5.41, 5.74) is 1.26. The number of benzene rings is 1. The minimum atomic E-state index is -0.160. The molecule has 0 spiro atoms. The molecule has 1 aliphatic carbocycles. The predicted octanol–water partition coefficient (Wildman–Crippen LogP) is 2.61. The van der Waals surface area contributed by atoms with Crippen LogP contribution in [-0.2, 0) is 0 Å². The molecule has 128 valence electrons. The van der Waals surface area contributed by atoms with Gasteiger partial charge in [0.1, 0.15) is 11.9 Å². The van der Waals surface area contributed by atoms with Gasteiger partial charge < -0.3 is 4.52 Å². The fourth-order valence-corrected chi connectivity index (χ4v) is 3.71. The van der Waals surface area contributed by atoms with Gasteiger partial charge in [-0.15, -0.1) is 0 Å². The van der Waals surface area contributed by atoms with Gasteiger partial charge in [0.05, 0.1) is 0 Å². The third-order valence-corrected chi connectivity index (χ3v) is 5.27. The molecule has 4 rings (SSSR count). The fraction of sp³-hybridized carbons (Fsp3) is 0.556. The predicted molar refractivity (Wildman–Crippen MR) is 88.1 cm³/mol. The van der Waals surface area contributed by atoms with Gasteiger partial charge in [0, 0.05) is 26.2 Å². The number of halogens is 1. The summed E-state index contributed by atoms with van der Waals surface area (Å²) in [4.78, 5) is 9.19. The molecule has 1 aromatic carbocycles. The van der Waals surface area contributed by atoms with Crippen molar-refractivity contribution in [3.8, 4) is 0 Å². The maximum Gasteiger partial charge on any atom is 0.245 e. The van der Waals surface area contributed by atoms with Crippen molar-refractivity contribution in [1.29, 1.82) is 0 Å². The van der Waals surface area contributed by atoms with Gasteiger partial charge in [0.2, 0.25) is 5.89 Å². The Morgan fingerprint density at radius 3 is 2.75 bits per heavy atom. The summed E-state index contributed by atoms with van der Waals surface area (Å²) in [6.07, 6.45) is 1.20. The zero-order valence-corrected chi connectivity index (χ0v) is 14.2. The highest BCUT2D eigenvalue weighted by molar-refractivity contribution is 5.26. The smallest absolute Gasteiger partial charge is 0.245 e. The number of aryl methyl sites for hydroxylation is 1. The topological polar surface area (TPSA) is 45.4 Å². The maximum atomic E-state index is 13.1. The van der Waals surface area contributed by atoms with Gasteiger partial charge in [-0.05, 0) is 49.9 Å². The SMILES string of the molecule is Cc1noc([C@@H]2CN(C[C@@H]3C[C@@H]3c3ccc(F)cc3)CCN2C)n1. The fourth-order valence-electron chi connectivity index (χ4n) is 3.71. The van der Waals surface area contributed by atoms with E-state index in [1.54, 1.807) is 12.1 Å². The van der Waals surface area contributed by atoms with Crippen molar-refractivity contribution in [2.45, 2.75) is 25.3 Å². The van der Waals surface area contributed by atoms with E-state index in [1.165, 1.54) is 12.0 Å². The Hall–Kier alpha value is -1.79. The van der Waals surface area contributed by atoms with E-state index in [0.29, 0.717) is 23.6 Å². The van der Waals surface area contributed by atoms with E-state index < -0.39 is 0 Å². The molecular weight excluding hydrogens is 307 g/mol. The number of hydrogen-bond donors (Lipinski definition) is 0. The van der Waals surface area contributed by atoms with Crippen molar-refractivity contribution in [2.75, 3.05) is 33.2 Å². The van der Waals surface area contributed by atoms with Gasteiger partial charge >= 0.3 is 0 Å². The van der Waals surface area contributed by atoms with Gasteiger partial charge in [-0.3, -0.25) is 9.80 Å². The van der Waals surface area contributed by atoms with Crippen LogP contribution in [0.15, 0.2) is 28.8 Å². The highest BCUT2D eigenvalue weighted by atomic mass is 19.1. The van der Waals surface area contributed by atoms with Crippen LogP contribution < -0.4 is 0 Å². The molecule has 0 radical (unpaired) electrons. The molecule has 0 unspecified atom stereocenters. The van der Waals surface area contributed by atoms with Crippen molar-refractivity contribution in [3.05, 3.63) is 47.4 Å². The lowest BCUT2D eigenvalue weighted by atomic mass is 10.1. The summed E-state index contributed by atoms with van der Waals surface area (Å²) >= 11 is 0. The molecule has 2 aromatic rings. The van der Waals surface area contributed by atoms with Crippen LogP contribution in [0, 0.1) is 18.7 Å². The van der Waals surface area contributed by atoms with Crippen molar-refractivity contribution in [2.24, 2.45) is 5.92 Å². The van der Waals surface area contributed by atoms with E-state index in [4.69, 9.17) is 4.52 Å². The monoisotopic (exact) mass is 330 g/mol. The van der Waals surface area contributed by atoms with Crippen molar-refractivity contribution < 1.29 is 8.91 Å². The molecule has 0 N–H and O–H groups in total. The third kappa shape index (κ3) is 3.21. The first-order chi connectivity index (χ1) is 11.6. The van der Waals surface area contributed by atoms with E-state index in [0.717, 1.165) is 26.2 Å². The molecule has 5 nitrogen and oxygen atoms in total. The summed E-state index contributed by atoms with van der Waals surface area (Å²) in [5.74, 6) is 2.49. The van der Waals surface area contributed by atoms with Crippen LogP contribution in [-0.4, -0.2) is 53.2 Å². The molecule has 2 heterocycles. The molecule has 2 fully saturated rings. The Kier molecular flexibility index (Phi) is 4.10. The van der Waals surface area contributed by atoms with Crippen LogP contribution in [0.25, 0.3) is 0 Å². The minimum Gasteiger partial charge on any atom is -0.338 e. The molecule has 1 aliphatic heterocycles. The maximum absolute atomic E-state index is 13.1. The lowest BCUT2D eigenvalue weighted by molar-refractivity contribution is 0.0728. The molecule has 2 aliphatic rings. The van der Waals surface area contributed by atoms with Crippen LogP contribution in [0.2, 0.25) is 0 Å². The number of nitrogens with zero attached hydrogens (tertiary/aromatic N) is 4. The van der Waals surface area contributed by atoms with E-state index in [-0.39, 0.29) is 11.9 Å². The number of aromatic nitrogens is 2. The summed E-state index contributed by atoms with van der Waals surface area (Å²) in [6, 6.07) is 7.15. The van der Waals surface area contributed by atoms with Gasteiger partial charge in [0.15, 0.2) is 5.82 Å². The molecule has 3 atom stereocenters. The van der Waals surface area contributed by atoms with E-state index in [1.807, 2.05) is 19.1 Å². The second kappa shape index (κ2) is 6.26. The summed E-state index contributed by atoms with van der Waals surface area (Å²) < 4.78 is 18.4. The standard InChI is InChI=1S/C18H23FN4O/c1-12-20-18(24-21-12)17-11-23(8-7-22(17)2)10-14-9-16(14)13-3-5-15(19)6-4-13/h3-6,14,16-17H,7-11H2,1-2H3/t14-,16+,17-/m0/s1. The Bertz CT molecular complexity index is 701. The van der Waals surface area contributed by atoms with E-state index in [2.05, 4.69) is 27.0 Å². The van der Waals surface area contributed by atoms with Gasteiger partial charge in [-0.1, -0.05) is 17.3 Å². The second-order valence-electron chi connectivity index (χ2n) is 7.09. The van der Waals surface area contributed by atoms with Gasteiger partial charge in [0.25, 0.3) is 0 Å². The number of rotatable bonds is 4. The quantitative estimate of drug-likeness (QED) is 0.862. The second-order valence-corrected chi connectivity index (χ2v) is 7.09. The summed E-state index contributed by atoms with van der Waals surface area (Å²) in [6.45, 7) is 5.92. The van der Waals surface area contributed by atoms with Crippen LogP contribution >= 0.6 is 0 Å². The molecular formula is C18H23FN4O. The lowest BCUT2D eigenvalue weighted by Gasteiger charge is -2.37. The van der Waals surface area contributed by atoms with Crippen molar-refractivity contribution in [1.82, 2.24) is 19.9 Å². The van der Waals surface area contributed by atoms with Crippen LogP contribution in [0.3, 0.4) is 0 Å². The first kappa shape index (κ1) is 15.7. The molecule has 0 bridgehead atoms. The Labute approximate surface area is 141 Å². The van der Waals surface area contributed by atoms with Crippen LogP contribution in [0.5, 0.6) is 0 Å². The van der Waals surface area contributed by atoms with Crippen molar-refractivity contribution >= 4 is 0 Å². The normalized spacial score (nSPS) is 28.2.